The lowest BCUT2D eigenvalue weighted by molar-refractivity contribution is 0.00578. The SMILES string of the molecule is [2H]Oc1cc(Br)ccc1C=CB1OC(C)(C)C(C)(C)O1. The Bertz CT molecular complexity index is 515. The largest absolute Gasteiger partial charge is 0.507 e. The van der Waals surface area contributed by atoms with E-state index >= 15 is 0 Å². The van der Waals surface area contributed by atoms with Crippen molar-refractivity contribution in [3.05, 3.63) is 34.2 Å². The summed E-state index contributed by atoms with van der Waals surface area (Å²) in [5, 5.41) is 4.61. The summed E-state index contributed by atoms with van der Waals surface area (Å²) in [4.78, 5) is 0. The zero-order valence-corrected chi connectivity index (χ0v) is 13.2. The van der Waals surface area contributed by atoms with Gasteiger partial charge in [0.25, 0.3) is 1.43 Å². The maximum Gasteiger partial charge on any atom is 0.487 e. The highest BCUT2D eigenvalue weighted by atomic mass is 79.9. The van der Waals surface area contributed by atoms with E-state index in [-0.39, 0.29) is 11.2 Å². The van der Waals surface area contributed by atoms with Crippen LogP contribution in [0.1, 0.15) is 33.3 Å². The molecule has 1 N–H and O–H groups in total. The highest BCUT2D eigenvalue weighted by Gasteiger charge is 2.49. The van der Waals surface area contributed by atoms with Gasteiger partial charge in [0, 0.05) is 10.0 Å². The van der Waals surface area contributed by atoms with Crippen LogP contribution < -0.4 is 0 Å². The minimum Gasteiger partial charge on any atom is -0.507 e. The van der Waals surface area contributed by atoms with Crippen molar-refractivity contribution in [2.24, 2.45) is 0 Å². The molecule has 0 amide bonds. The molecule has 0 bridgehead atoms. The van der Waals surface area contributed by atoms with Gasteiger partial charge in [-0.05, 0) is 39.8 Å². The van der Waals surface area contributed by atoms with Crippen molar-refractivity contribution in [1.82, 2.24) is 0 Å². The Morgan fingerprint density at radius 3 is 2.47 bits per heavy atom. The van der Waals surface area contributed by atoms with Crippen LogP contribution in [-0.2, 0) is 9.31 Å². The van der Waals surface area contributed by atoms with Crippen LogP contribution in [0.15, 0.2) is 28.6 Å². The van der Waals surface area contributed by atoms with Crippen LogP contribution in [0.4, 0.5) is 0 Å². The molecular formula is C14H18BBrO3. The van der Waals surface area contributed by atoms with Gasteiger partial charge in [-0.15, -0.1) is 0 Å². The van der Waals surface area contributed by atoms with Gasteiger partial charge in [0.1, 0.15) is 5.75 Å². The van der Waals surface area contributed by atoms with Crippen LogP contribution in [0.5, 0.6) is 5.75 Å². The summed E-state index contributed by atoms with van der Waals surface area (Å²) in [5.41, 5.74) is 0.102. The molecule has 0 unspecified atom stereocenters. The normalized spacial score (nSPS) is 21.7. The van der Waals surface area contributed by atoms with Crippen molar-refractivity contribution in [1.29, 1.82) is 1.43 Å². The van der Waals surface area contributed by atoms with Crippen LogP contribution in [0.2, 0.25) is 0 Å². The highest BCUT2D eigenvalue weighted by Crippen LogP contribution is 2.37. The van der Waals surface area contributed by atoms with Gasteiger partial charge >= 0.3 is 7.12 Å². The second kappa shape index (κ2) is 4.96. The van der Waals surface area contributed by atoms with Crippen molar-refractivity contribution < 1.29 is 14.4 Å². The van der Waals surface area contributed by atoms with Crippen LogP contribution in [0.25, 0.3) is 6.08 Å². The van der Waals surface area contributed by atoms with E-state index in [0.29, 0.717) is 5.75 Å². The second-order valence-corrected chi connectivity index (χ2v) is 6.58. The van der Waals surface area contributed by atoms with E-state index in [1.54, 1.807) is 6.07 Å². The summed E-state index contributed by atoms with van der Waals surface area (Å²) in [5.74, 6) is 2.31. The quantitative estimate of drug-likeness (QED) is 0.859. The topological polar surface area (TPSA) is 38.7 Å². The first-order chi connectivity index (χ1) is 9.25. The molecular weight excluding hydrogens is 307 g/mol. The van der Waals surface area contributed by atoms with E-state index in [1.165, 1.54) is 0 Å². The fourth-order valence-electron chi connectivity index (χ4n) is 1.80. The number of phenols is 1. The second-order valence-electron chi connectivity index (χ2n) is 5.67. The van der Waals surface area contributed by atoms with Gasteiger partial charge in [0.2, 0.25) is 0 Å². The molecule has 1 heterocycles. The van der Waals surface area contributed by atoms with E-state index in [9.17, 15) is 0 Å². The molecule has 1 aliphatic heterocycles. The summed E-state index contributed by atoms with van der Waals surface area (Å²) in [6.07, 6.45) is 1.85. The third kappa shape index (κ3) is 3.04. The Morgan fingerprint density at radius 1 is 1.26 bits per heavy atom. The number of aromatic hydroxyl groups is 1. The molecule has 1 aromatic carbocycles. The predicted octanol–water partition coefficient (Wildman–Crippen LogP) is 3.80. The van der Waals surface area contributed by atoms with Crippen LogP contribution >= 0.6 is 15.9 Å². The molecule has 1 fully saturated rings. The summed E-state index contributed by atoms with van der Waals surface area (Å²) in [6.45, 7) is 8.05. The summed E-state index contributed by atoms with van der Waals surface area (Å²) in [6, 6.07) is 5.51. The number of hydrogen-bond donors (Lipinski definition) is 1. The minimum absolute atomic E-state index is 0.351. The van der Waals surface area contributed by atoms with Crippen LogP contribution in [0.3, 0.4) is 0 Å². The molecule has 0 aromatic heterocycles. The van der Waals surface area contributed by atoms with Gasteiger partial charge < -0.3 is 14.4 Å². The minimum atomic E-state index is -0.401. The van der Waals surface area contributed by atoms with E-state index in [4.69, 9.17) is 10.7 Å². The third-order valence-electron chi connectivity index (χ3n) is 3.68. The average molecular weight is 326 g/mol. The smallest absolute Gasteiger partial charge is 0.487 e. The van der Waals surface area contributed by atoms with E-state index in [2.05, 4.69) is 21.0 Å². The third-order valence-corrected chi connectivity index (χ3v) is 4.17. The van der Waals surface area contributed by atoms with Gasteiger partial charge in [-0.3, -0.25) is 0 Å². The lowest BCUT2D eigenvalue weighted by Crippen LogP contribution is -2.41. The van der Waals surface area contributed by atoms with Gasteiger partial charge in [-0.25, -0.2) is 0 Å². The monoisotopic (exact) mass is 325 g/mol. The zero-order valence-electron chi connectivity index (χ0n) is 12.6. The Morgan fingerprint density at radius 2 is 1.89 bits per heavy atom. The number of halogens is 1. The fourth-order valence-corrected chi connectivity index (χ4v) is 2.14. The molecule has 1 saturated heterocycles. The van der Waals surface area contributed by atoms with E-state index < -0.39 is 7.12 Å². The number of rotatable bonds is 3. The number of benzene rings is 1. The molecule has 1 aliphatic rings. The highest BCUT2D eigenvalue weighted by molar-refractivity contribution is 9.10. The standard InChI is InChI=1S/C14H18BBrO3/c1-13(2)14(3,4)19-15(18-13)8-7-10-5-6-11(16)9-12(10)17/h5-9,17H,1-4H3/i/hD. The molecule has 3 nitrogen and oxygen atoms in total. The first kappa shape index (κ1) is 13.2. The van der Waals surface area contributed by atoms with Crippen LogP contribution in [-0.4, -0.2) is 24.9 Å². The summed E-state index contributed by atoms with van der Waals surface area (Å²) in [7, 11) is -0.401. The van der Waals surface area contributed by atoms with Crippen molar-refractivity contribution in [2.45, 2.75) is 38.9 Å². The zero-order chi connectivity index (χ0) is 15.0. The van der Waals surface area contributed by atoms with Crippen molar-refractivity contribution >= 4 is 29.1 Å². The van der Waals surface area contributed by atoms with Gasteiger partial charge in [0.15, 0.2) is 0 Å². The van der Waals surface area contributed by atoms with Crippen molar-refractivity contribution in [2.75, 3.05) is 0 Å². The Kier molecular flexibility index (Phi) is 3.45. The molecule has 0 aliphatic carbocycles. The molecule has 1 aromatic rings. The van der Waals surface area contributed by atoms with E-state index in [1.807, 2.05) is 51.9 Å². The molecule has 0 radical (unpaired) electrons. The summed E-state index contributed by atoms with van der Waals surface area (Å²) < 4.78 is 19.7. The van der Waals surface area contributed by atoms with Crippen LogP contribution in [0, 0.1) is 0 Å². The average Bonchev–Trinajstić information content (AvgIpc) is 2.56. The van der Waals surface area contributed by atoms with Gasteiger partial charge in [0.05, 0.1) is 11.2 Å². The number of hydrogen-bond acceptors (Lipinski definition) is 3. The Labute approximate surface area is 124 Å². The molecule has 2 rings (SSSR count). The Hall–Kier alpha value is -0.775. The first-order valence-electron chi connectivity index (χ1n) is 6.62. The predicted molar refractivity (Wildman–Crippen MR) is 80.9 cm³/mol. The lowest BCUT2D eigenvalue weighted by atomic mass is 9.89. The molecule has 5 heteroatoms. The van der Waals surface area contributed by atoms with Gasteiger partial charge in [-0.1, -0.05) is 34.0 Å². The molecule has 0 saturated carbocycles. The molecule has 19 heavy (non-hydrogen) atoms. The van der Waals surface area contributed by atoms with Gasteiger partial charge in [-0.2, -0.15) is 0 Å². The maximum absolute atomic E-state index is 7.08. The fraction of sp³-hybridized carbons (Fsp3) is 0.429. The Balaban J connectivity index is 2.16. The molecule has 0 atom stereocenters. The maximum atomic E-state index is 7.08. The van der Waals surface area contributed by atoms with Crippen molar-refractivity contribution in [3.63, 3.8) is 0 Å². The molecule has 102 valence electrons. The lowest BCUT2D eigenvalue weighted by Gasteiger charge is -2.32. The number of phenolic OH excluding ortho intramolecular Hbond substituents is 1. The summed E-state index contributed by atoms with van der Waals surface area (Å²) >= 11 is 3.35. The molecule has 0 spiro atoms. The first-order valence-corrected chi connectivity index (χ1v) is 7.01. The van der Waals surface area contributed by atoms with Crippen molar-refractivity contribution in [3.8, 4) is 5.75 Å². The van der Waals surface area contributed by atoms with E-state index in [0.717, 1.165) is 10.0 Å².